The Morgan fingerprint density at radius 2 is 1.94 bits per heavy atom. The van der Waals surface area contributed by atoms with E-state index in [1.54, 1.807) is 20.3 Å². The van der Waals surface area contributed by atoms with Crippen molar-refractivity contribution in [2.45, 2.75) is 18.4 Å². The molecule has 1 amide bonds. The maximum absolute atomic E-state index is 11.8. The van der Waals surface area contributed by atoms with Crippen LogP contribution in [-0.2, 0) is 11.2 Å². The lowest BCUT2D eigenvalue weighted by Gasteiger charge is -2.31. The number of amides is 1. The normalized spacial score (nSPS) is 17.3. The van der Waals surface area contributed by atoms with Crippen molar-refractivity contribution in [2.75, 3.05) is 39.1 Å². The van der Waals surface area contributed by atoms with Gasteiger partial charge in [0.05, 0.1) is 22.4 Å². The largest absolute Gasteiger partial charge is 0.484 e. The number of halogens is 1. The maximum Gasteiger partial charge on any atom is 0.259 e. The van der Waals surface area contributed by atoms with Gasteiger partial charge in [-0.05, 0) is 49.2 Å². The third-order valence-electron chi connectivity index (χ3n) is 6.48. The SMILES string of the molecule is CN(C)C(=O)COc1ccc(-c2nc3ncc(Cl)c(N[C@@]4(Cc5ccccc5)CCNC4)c3[nH]2)cc1. The average Bonchev–Trinajstić information content (AvgIpc) is 3.53. The van der Waals surface area contributed by atoms with E-state index in [9.17, 15) is 4.79 Å². The van der Waals surface area contributed by atoms with E-state index >= 15 is 0 Å². The van der Waals surface area contributed by atoms with E-state index in [-0.39, 0.29) is 18.1 Å². The summed E-state index contributed by atoms with van der Waals surface area (Å²) in [5.41, 5.74) is 4.15. The highest BCUT2D eigenvalue weighted by Gasteiger charge is 2.35. The minimum absolute atomic E-state index is 0.00593. The second kappa shape index (κ2) is 10.2. The molecule has 0 saturated carbocycles. The molecule has 1 fully saturated rings. The number of hydrogen-bond donors (Lipinski definition) is 3. The molecule has 1 saturated heterocycles. The second-order valence-corrected chi connectivity index (χ2v) is 9.77. The number of likely N-dealkylation sites (N-methyl/N-ethyl adjacent to an activating group) is 1. The van der Waals surface area contributed by atoms with Gasteiger partial charge in [0, 0.05) is 26.2 Å². The second-order valence-electron chi connectivity index (χ2n) is 9.36. The molecule has 2 aromatic heterocycles. The van der Waals surface area contributed by atoms with Gasteiger partial charge in [0.2, 0.25) is 0 Å². The fourth-order valence-electron chi connectivity index (χ4n) is 4.47. The number of carbonyl (C=O) groups excluding carboxylic acids is 1. The van der Waals surface area contributed by atoms with E-state index in [0.29, 0.717) is 22.2 Å². The highest BCUT2D eigenvalue weighted by molar-refractivity contribution is 6.34. The molecule has 36 heavy (non-hydrogen) atoms. The summed E-state index contributed by atoms with van der Waals surface area (Å²) in [6, 6.07) is 17.9. The molecule has 3 N–H and O–H groups in total. The molecule has 8 nitrogen and oxygen atoms in total. The number of fused-ring (bicyclic) bond motifs is 1. The van der Waals surface area contributed by atoms with Gasteiger partial charge in [0.25, 0.3) is 5.91 Å². The number of ether oxygens (including phenoxy) is 1. The number of H-pyrrole nitrogens is 1. The highest BCUT2D eigenvalue weighted by Crippen LogP contribution is 2.35. The van der Waals surface area contributed by atoms with Gasteiger partial charge in [-0.3, -0.25) is 4.79 Å². The number of imidazole rings is 1. The minimum Gasteiger partial charge on any atom is -0.484 e. The Hall–Kier alpha value is -3.62. The molecule has 1 aliphatic heterocycles. The molecule has 0 radical (unpaired) electrons. The number of hydrogen-bond acceptors (Lipinski definition) is 6. The van der Waals surface area contributed by atoms with Crippen LogP contribution in [0.1, 0.15) is 12.0 Å². The Kier molecular flexibility index (Phi) is 6.80. The van der Waals surface area contributed by atoms with Gasteiger partial charge in [-0.1, -0.05) is 41.9 Å². The van der Waals surface area contributed by atoms with Crippen molar-refractivity contribution in [3.8, 4) is 17.1 Å². The molecule has 5 rings (SSSR count). The molecule has 0 bridgehead atoms. The van der Waals surface area contributed by atoms with Crippen LogP contribution in [0.5, 0.6) is 5.75 Å². The van der Waals surface area contributed by atoms with Crippen LogP contribution in [0.25, 0.3) is 22.6 Å². The fourth-order valence-corrected chi connectivity index (χ4v) is 4.66. The monoisotopic (exact) mass is 504 g/mol. The summed E-state index contributed by atoms with van der Waals surface area (Å²) in [5.74, 6) is 1.20. The lowest BCUT2D eigenvalue weighted by molar-refractivity contribution is -0.130. The van der Waals surface area contributed by atoms with Crippen molar-refractivity contribution in [3.05, 3.63) is 71.4 Å². The number of pyridine rings is 1. The zero-order chi connectivity index (χ0) is 25.1. The first-order chi connectivity index (χ1) is 17.4. The molecule has 3 heterocycles. The first-order valence-corrected chi connectivity index (χ1v) is 12.3. The van der Waals surface area contributed by atoms with E-state index < -0.39 is 0 Å². The lowest BCUT2D eigenvalue weighted by Crippen LogP contribution is -2.42. The van der Waals surface area contributed by atoms with Crippen molar-refractivity contribution >= 4 is 34.4 Å². The summed E-state index contributed by atoms with van der Waals surface area (Å²) in [6.45, 7) is 1.77. The van der Waals surface area contributed by atoms with Gasteiger partial charge in [-0.25, -0.2) is 9.97 Å². The molecule has 4 aromatic rings. The number of nitrogens with one attached hydrogen (secondary N) is 3. The predicted molar refractivity (Wildman–Crippen MR) is 143 cm³/mol. The molecule has 186 valence electrons. The van der Waals surface area contributed by atoms with E-state index in [0.717, 1.165) is 42.7 Å². The first-order valence-electron chi connectivity index (χ1n) is 11.9. The van der Waals surface area contributed by atoms with Crippen LogP contribution in [0, 0.1) is 0 Å². The van der Waals surface area contributed by atoms with Gasteiger partial charge in [-0.2, -0.15) is 0 Å². The smallest absolute Gasteiger partial charge is 0.259 e. The van der Waals surface area contributed by atoms with Gasteiger partial charge in [-0.15, -0.1) is 0 Å². The molecule has 0 spiro atoms. The standard InChI is InChI=1S/C27H29ClN6O2/c1-34(2)22(35)16-36-20-10-8-19(9-11-20)25-31-24-23(21(28)15-30-26(24)32-25)33-27(12-13-29-17-27)14-18-6-4-3-5-7-18/h3-11,15,29H,12-14,16-17H2,1-2H3,(H2,30,31,32,33)/t27-/m1/s1. The number of rotatable bonds is 8. The zero-order valence-corrected chi connectivity index (χ0v) is 21.1. The van der Waals surface area contributed by atoms with Crippen LogP contribution in [0.3, 0.4) is 0 Å². The number of nitrogens with zero attached hydrogens (tertiary/aromatic N) is 3. The Labute approximate surface area is 215 Å². The van der Waals surface area contributed by atoms with E-state index in [1.807, 2.05) is 30.3 Å². The highest BCUT2D eigenvalue weighted by atomic mass is 35.5. The quantitative estimate of drug-likeness (QED) is 0.334. The minimum atomic E-state index is -0.173. The summed E-state index contributed by atoms with van der Waals surface area (Å²) in [7, 11) is 3.40. The van der Waals surface area contributed by atoms with Crippen LogP contribution in [0.2, 0.25) is 5.02 Å². The number of carbonyl (C=O) groups is 1. The number of anilines is 1. The summed E-state index contributed by atoms with van der Waals surface area (Å²) in [5, 5.41) is 7.81. The molecule has 1 aliphatic rings. The Balaban J connectivity index is 1.41. The summed E-state index contributed by atoms with van der Waals surface area (Å²) in [6.07, 6.45) is 3.49. The van der Waals surface area contributed by atoms with Crippen LogP contribution in [0.15, 0.2) is 60.8 Å². The zero-order valence-electron chi connectivity index (χ0n) is 20.3. The summed E-state index contributed by atoms with van der Waals surface area (Å²) >= 11 is 6.66. The third-order valence-corrected chi connectivity index (χ3v) is 6.77. The summed E-state index contributed by atoms with van der Waals surface area (Å²) in [4.78, 5) is 25.9. The van der Waals surface area contributed by atoms with Crippen molar-refractivity contribution in [2.24, 2.45) is 0 Å². The Morgan fingerprint density at radius 1 is 1.17 bits per heavy atom. The third kappa shape index (κ3) is 5.15. The number of aromatic amines is 1. The van der Waals surface area contributed by atoms with Crippen molar-refractivity contribution in [1.82, 2.24) is 25.2 Å². The van der Waals surface area contributed by atoms with E-state index in [2.05, 4.69) is 44.9 Å². The van der Waals surface area contributed by atoms with Crippen LogP contribution < -0.4 is 15.4 Å². The van der Waals surface area contributed by atoms with Crippen molar-refractivity contribution in [3.63, 3.8) is 0 Å². The van der Waals surface area contributed by atoms with Crippen molar-refractivity contribution in [1.29, 1.82) is 0 Å². The van der Waals surface area contributed by atoms with Gasteiger partial charge >= 0.3 is 0 Å². The topological polar surface area (TPSA) is 95.2 Å². The Morgan fingerprint density at radius 3 is 2.64 bits per heavy atom. The average molecular weight is 505 g/mol. The Bertz CT molecular complexity index is 1350. The van der Waals surface area contributed by atoms with Crippen LogP contribution in [0.4, 0.5) is 5.69 Å². The van der Waals surface area contributed by atoms with Crippen molar-refractivity contribution < 1.29 is 9.53 Å². The fraction of sp³-hybridized carbons (Fsp3) is 0.296. The molecule has 0 aliphatic carbocycles. The molecule has 0 unspecified atom stereocenters. The van der Waals surface area contributed by atoms with Gasteiger partial charge in [0.1, 0.15) is 17.1 Å². The maximum atomic E-state index is 11.8. The first kappa shape index (κ1) is 24.1. The van der Waals surface area contributed by atoms with Crippen LogP contribution in [-0.4, -0.2) is 65.1 Å². The number of benzene rings is 2. The molecule has 2 aromatic carbocycles. The lowest BCUT2D eigenvalue weighted by atomic mass is 9.89. The van der Waals surface area contributed by atoms with Gasteiger partial charge in [0.15, 0.2) is 12.3 Å². The number of aromatic nitrogens is 3. The van der Waals surface area contributed by atoms with Gasteiger partial charge < -0.3 is 25.3 Å². The molecule has 1 atom stereocenters. The van der Waals surface area contributed by atoms with E-state index in [4.69, 9.17) is 21.3 Å². The molecular formula is C27H29ClN6O2. The predicted octanol–water partition coefficient (Wildman–Crippen LogP) is 4.13. The summed E-state index contributed by atoms with van der Waals surface area (Å²) < 4.78 is 5.58. The molecule has 9 heteroatoms. The van der Waals surface area contributed by atoms with Crippen LogP contribution >= 0.6 is 11.6 Å². The molecular weight excluding hydrogens is 476 g/mol. The van der Waals surface area contributed by atoms with E-state index in [1.165, 1.54) is 10.5 Å².